The van der Waals surface area contributed by atoms with Crippen molar-refractivity contribution in [1.29, 1.82) is 0 Å². The summed E-state index contributed by atoms with van der Waals surface area (Å²) in [5.41, 5.74) is 1.08. The van der Waals surface area contributed by atoms with Crippen molar-refractivity contribution in [2.45, 2.75) is 16.2 Å². The van der Waals surface area contributed by atoms with Gasteiger partial charge >= 0.3 is 0 Å². The second kappa shape index (κ2) is 6.03. The number of hydrogen-bond acceptors (Lipinski definition) is 2. The van der Waals surface area contributed by atoms with Gasteiger partial charge in [0.1, 0.15) is 6.29 Å². The fourth-order valence-corrected chi connectivity index (χ4v) is 3.09. The van der Waals surface area contributed by atoms with Gasteiger partial charge < -0.3 is 4.79 Å². The van der Waals surface area contributed by atoms with Crippen molar-refractivity contribution in [3.05, 3.63) is 58.6 Å². The number of benzene rings is 2. The molecule has 0 radical (unpaired) electrons. The fourth-order valence-electron chi connectivity index (χ4n) is 1.52. The fraction of sp³-hybridized carbons (Fsp3) is 0.0714. The lowest BCUT2D eigenvalue weighted by Crippen LogP contribution is -1.88. The first-order chi connectivity index (χ1) is 8.29. The van der Waals surface area contributed by atoms with Crippen LogP contribution in [0.5, 0.6) is 0 Å². The molecule has 0 unspecified atom stereocenters. The standard InChI is InChI=1S/C14H11BrOS/c15-12-5-3-6-13(10-12)17-14-7-2-1-4-11(14)8-9-16/h1-7,9-10H,8H2. The Balaban J connectivity index is 2.26. The Kier molecular flexibility index (Phi) is 4.40. The van der Waals surface area contributed by atoms with Gasteiger partial charge in [-0.15, -0.1) is 0 Å². The Morgan fingerprint density at radius 1 is 1.12 bits per heavy atom. The van der Waals surface area contributed by atoms with Crippen molar-refractivity contribution in [1.82, 2.24) is 0 Å². The summed E-state index contributed by atoms with van der Waals surface area (Å²) in [6.45, 7) is 0. The first kappa shape index (κ1) is 12.4. The van der Waals surface area contributed by atoms with Gasteiger partial charge in [0.2, 0.25) is 0 Å². The number of hydrogen-bond donors (Lipinski definition) is 0. The van der Waals surface area contributed by atoms with Crippen LogP contribution in [0.25, 0.3) is 0 Å². The molecule has 1 nitrogen and oxygen atoms in total. The summed E-state index contributed by atoms with van der Waals surface area (Å²) in [6.07, 6.45) is 1.41. The molecule has 0 aromatic heterocycles. The van der Waals surface area contributed by atoms with Crippen LogP contribution in [0.2, 0.25) is 0 Å². The summed E-state index contributed by atoms with van der Waals surface area (Å²) in [5, 5.41) is 0. The molecule has 86 valence electrons. The van der Waals surface area contributed by atoms with E-state index in [1.54, 1.807) is 11.8 Å². The average Bonchev–Trinajstić information content (AvgIpc) is 2.32. The molecule has 0 bridgehead atoms. The summed E-state index contributed by atoms with van der Waals surface area (Å²) in [6, 6.07) is 16.1. The van der Waals surface area contributed by atoms with Crippen molar-refractivity contribution in [2.24, 2.45) is 0 Å². The van der Waals surface area contributed by atoms with Crippen LogP contribution < -0.4 is 0 Å². The average molecular weight is 307 g/mol. The van der Waals surface area contributed by atoms with Crippen LogP contribution in [-0.2, 0) is 11.2 Å². The highest BCUT2D eigenvalue weighted by Crippen LogP contribution is 2.31. The van der Waals surface area contributed by atoms with Crippen molar-refractivity contribution < 1.29 is 4.79 Å². The zero-order chi connectivity index (χ0) is 12.1. The van der Waals surface area contributed by atoms with Gasteiger partial charge in [-0.05, 0) is 29.8 Å². The van der Waals surface area contributed by atoms with Crippen LogP contribution >= 0.6 is 27.7 Å². The van der Waals surface area contributed by atoms with E-state index < -0.39 is 0 Å². The Labute approximate surface area is 113 Å². The van der Waals surface area contributed by atoms with Gasteiger partial charge in [-0.3, -0.25) is 0 Å². The monoisotopic (exact) mass is 306 g/mol. The lowest BCUT2D eigenvalue weighted by Gasteiger charge is -2.06. The number of rotatable bonds is 4. The van der Waals surface area contributed by atoms with Crippen molar-refractivity contribution in [3.8, 4) is 0 Å². The molecule has 0 aliphatic rings. The maximum atomic E-state index is 10.6. The van der Waals surface area contributed by atoms with Crippen molar-refractivity contribution in [2.75, 3.05) is 0 Å². The molecular formula is C14H11BrOS. The highest BCUT2D eigenvalue weighted by molar-refractivity contribution is 9.10. The quantitative estimate of drug-likeness (QED) is 0.782. The predicted octanol–water partition coefficient (Wildman–Crippen LogP) is 4.34. The zero-order valence-electron chi connectivity index (χ0n) is 9.10. The maximum Gasteiger partial charge on any atom is 0.124 e. The highest BCUT2D eigenvalue weighted by Gasteiger charge is 2.03. The molecular weight excluding hydrogens is 296 g/mol. The second-order valence-electron chi connectivity index (χ2n) is 3.54. The molecule has 17 heavy (non-hydrogen) atoms. The largest absolute Gasteiger partial charge is 0.303 e. The summed E-state index contributed by atoms with van der Waals surface area (Å²) in [7, 11) is 0. The lowest BCUT2D eigenvalue weighted by molar-refractivity contribution is -0.107. The molecule has 0 aliphatic heterocycles. The molecule has 2 aromatic carbocycles. The van der Waals surface area contributed by atoms with E-state index >= 15 is 0 Å². The van der Waals surface area contributed by atoms with Crippen molar-refractivity contribution >= 4 is 34.0 Å². The van der Waals surface area contributed by atoms with Crippen molar-refractivity contribution in [3.63, 3.8) is 0 Å². The van der Waals surface area contributed by atoms with E-state index in [0.29, 0.717) is 6.42 Å². The van der Waals surface area contributed by atoms with Gasteiger partial charge in [0.05, 0.1) is 0 Å². The van der Waals surface area contributed by atoms with E-state index in [2.05, 4.69) is 28.1 Å². The van der Waals surface area contributed by atoms with Crippen LogP contribution in [0.15, 0.2) is 62.8 Å². The normalized spacial score (nSPS) is 10.2. The molecule has 0 saturated heterocycles. The molecule has 0 fully saturated rings. The molecule has 0 amide bonds. The molecule has 0 saturated carbocycles. The van der Waals surface area contributed by atoms with Gasteiger partial charge in [0.25, 0.3) is 0 Å². The molecule has 0 heterocycles. The SMILES string of the molecule is O=CCc1ccccc1Sc1cccc(Br)c1. The molecule has 3 heteroatoms. The van der Waals surface area contributed by atoms with E-state index in [4.69, 9.17) is 0 Å². The maximum absolute atomic E-state index is 10.6. The van der Waals surface area contributed by atoms with Gasteiger partial charge in [-0.1, -0.05) is 52.0 Å². The Hall–Kier alpha value is -1.06. The smallest absolute Gasteiger partial charge is 0.124 e. The van der Waals surface area contributed by atoms with Gasteiger partial charge in [0, 0.05) is 20.7 Å². The van der Waals surface area contributed by atoms with E-state index in [9.17, 15) is 4.79 Å². The third-order valence-corrected chi connectivity index (χ3v) is 3.90. The minimum atomic E-state index is 0.469. The number of carbonyl (C=O) groups is 1. The van der Waals surface area contributed by atoms with Gasteiger partial charge in [-0.25, -0.2) is 0 Å². The molecule has 0 spiro atoms. The van der Waals surface area contributed by atoms with Crippen LogP contribution in [0, 0.1) is 0 Å². The highest BCUT2D eigenvalue weighted by atomic mass is 79.9. The number of aldehydes is 1. The number of halogens is 1. The summed E-state index contributed by atoms with van der Waals surface area (Å²) in [5.74, 6) is 0. The molecule has 0 atom stereocenters. The predicted molar refractivity (Wildman–Crippen MR) is 74.5 cm³/mol. The second-order valence-corrected chi connectivity index (χ2v) is 5.57. The molecule has 2 aromatic rings. The molecule has 0 aliphatic carbocycles. The Bertz CT molecular complexity index is 525. The van der Waals surface area contributed by atoms with E-state index in [1.165, 1.54) is 0 Å². The zero-order valence-corrected chi connectivity index (χ0v) is 11.5. The first-order valence-electron chi connectivity index (χ1n) is 5.24. The minimum absolute atomic E-state index is 0.469. The molecule has 0 N–H and O–H groups in total. The summed E-state index contributed by atoms with van der Waals surface area (Å²) >= 11 is 5.13. The first-order valence-corrected chi connectivity index (χ1v) is 6.85. The lowest BCUT2D eigenvalue weighted by atomic mass is 10.2. The number of carbonyl (C=O) groups excluding carboxylic acids is 1. The summed E-state index contributed by atoms with van der Waals surface area (Å²) in [4.78, 5) is 12.9. The van der Waals surface area contributed by atoms with E-state index in [-0.39, 0.29) is 0 Å². The van der Waals surface area contributed by atoms with Gasteiger partial charge in [0.15, 0.2) is 0 Å². The third-order valence-electron chi connectivity index (χ3n) is 2.30. The van der Waals surface area contributed by atoms with E-state index in [1.807, 2.05) is 36.4 Å². The van der Waals surface area contributed by atoms with Crippen LogP contribution in [0.3, 0.4) is 0 Å². The Morgan fingerprint density at radius 2 is 1.94 bits per heavy atom. The van der Waals surface area contributed by atoms with Crippen LogP contribution in [-0.4, -0.2) is 6.29 Å². The van der Waals surface area contributed by atoms with Crippen LogP contribution in [0.4, 0.5) is 0 Å². The Morgan fingerprint density at radius 3 is 2.71 bits per heavy atom. The van der Waals surface area contributed by atoms with E-state index in [0.717, 1.165) is 26.1 Å². The molecule has 2 rings (SSSR count). The van der Waals surface area contributed by atoms with Crippen LogP contribution in [0.1, 0.15) is 5.56 Å². The topological polar surface area (TPSA) is 17.1 Å². The summed E-state index contributed by atoms with van der Waals surface area (Å²) < 4.78 is 1.07. The third kappa shape index (κ3) is 3.45. The van der Waals surface area contributed by atoms with Gasteiger partial charge in [-0.2, -0.15) is 0 Å². The minimum Gasteiger partial charge on any atom is -0.303 e.